The van der Waals surface area contributed by atoms with Gasteiger partial charge in [0.1, 0.15) is 5.75 Å². The van der Waals surface area contributed by atoms with Crippen LogP contribution in [0.1, 0.15) is 84.5 Å². The number of morpholine rings is 1. The third-order valence-corrected chi connectivity index (χ3v) is 9.23. The number of benzene rings is 2. The Morgan fingerprint density at radius 2 is 1.87 bits per heavy atom. The van der Waals surface area contributed by atoms with Gasteiger partial charge in [-0.3, -0.25) is 9.59 Å². The number of hydrogen-bond acceptors (Lipinski definition) is 4. The molecule has 3 aromatic rings. The van der Waals surface area contributed by atoms with Gasteiger partial charge in [-0.15, -0.1) is 13.2 Å². The van der Waals surface area contributed by atoms with Crippen molar-refractivity contribution in [3.63, 3.8) is 0 Å². The molecule has 7 heteroatoms. The predicted molar refractivity (Wildman–Crippen MR) is 181 cm³/mol. The summed E-state index contributed by atoms with van der Waals surface area (Å²) in [6.07, 6.45) is 12.4. The molecule has 1 N–H and O–H groups in total. The molecule has 0 bridgehead atoms. The molecular weight excluding hydrogens is 562 g/mol. The third-order valence-electron chi connectivity index (χ3n) is 9.23. The average Bonchev–Trinajstić information content (AvgIpc) is 3.42. The number of nitrogens with one attached hydrogen (secondary N) is 1. The van der Waals surface area contributed by atoms with Crippen LogP contribution in [0.4, 0.5) is 0 Å². The van der Waals surface area contributed by atoms with Crippen molar-refractivity contribution in [1.82, 2.24) is 14.8 Å². The van der Waals surface area contributed by atoms with Crippen LogP contribution < -0.4 is 10.1 Å². The molecule has 0 spiro atoms. The number of hydrogen-bond donors (Lipinski definition) is 1. The molecule has 1 aliphatic carbocycles. The highest BCUT2D eigenvalue weighted by Gasteiger charge is 2.29. The Morgan fingerprint density at radius 3 is 2.58 bits per heavy atom. The molecule has 5 rings (SSSR count). The number of rotatable bonds is 12. The van der Waals surface area contributed by atoms with Gasteiger partial charge in [0.15, 0.2) is 0 Å². The van der Waals surface area contributed by atoms with E-state index >= 15 is 0 Å². The fraction of sp³-hybridized carbons (Fsp3) is 0.421. The molecule has 238 valence electrons. The van der Waals surface area contributed by atoms with Crippen molar-refractivity contribution in [2.45, 2.75) is 70.4 Å². The van der Waals surface area contributed by atoms with Crippen molar-refractivity contribution < 1.29 is 19.1 Å². The highest BCUT2D eigenvalue weighted by Crippen LogP contribution is 2.43. The average molecular weight is 610 g/mol. The van der Waals surface area contributed by atoms with Crippen molar-refractivity contribution in [2.24, 2.45) is 0 Å². The smallest absolute Gasteiger partial charge is 0.251 e. The second-order valence-corrected chi connectivity index (χ2v) is 12.2. The molecule has 1 saturated carbocycles. The van der Waals surface area contributed by atoms with Gasteiger partial charge >= 0.3 is 0 Å². The maximum absolute atomic E-state index is 13.9. The Hall–Kier alpha value is -4.10. The molecule has 1 saturated heterocycles. The lowest BCUT2D eigenvalue weighted by Crippen LogP contribution is -2.42. The van der Waals surface area contributed by atoms with E-state index in [1.807, 2.05) is 59.5 Å². The molecule has 7 nitrogen and oxygen atoms in total. The van der Waals surface area contributed by atoms with Crippen LogP contribution in [0.3, 0.4) is 0 Å². The summed E-state index contributed by atoms with van der Waals surface area (Å²) in [6.45, 7) is 13.3. The number of allylic oxidation sites excluding steroid dienone is 3. The summed E-state index contributed by atoms with van der Waals surface area (Å²) >= 11 is 0. The van der Waals surface area contributed by atoms with Crippen molar-refractivity contribution in [3.05, 3.63) is 102 Å². The zero-order valence-electron chi connectivity index (χ0n) is 26.9. The van der Waals surface area contributed by atoms with E-state index in [2.05, 4.69) is 36.0 Å². The van der Waals surface area contributed by atoms with Crippen LogP contribution in [0.5, 0.6) is 5.75 Å². The number of nitrogens with zero attached hydrogens (tertiary/aromatic N) is 2. The molecular formula is C38H47N3O4. The fourth-order valence-electron chi connectivity index (χ4n) is 6.78. The minimum Gasteiger partial charge on any atom is -0.497 e. The highest BCUT2D eigenvalue weighted by molar-refractivity contribution is 5.99. The van der Waals surface area contributed by atoms with Crippen LogP contribution in [-0.4, -0.2) is 54.7 Å². The molecule has 0 radical (unpaired) electrons. The van der Waals surface area contributed by atoms with Crippen LogP contribution in [0.25, 0.3) is 10.9 Å². The highest BCUT2D eigenvalue weighted by atomic mass is 16.5. The second-order valence-electron chi connectivity index (χ2n) is 12.2. The van der Waals surface area contributed by atoms with Gasteiger partial charge in [0, 0.05) is 53.3 Å². The Labute approximate surface area is 267 Å². The first-order chi connectivity index (χ1) is 21.9. The minimum atomic E-state index is -0.142. The molecule has 2 aliphatic rings. The topological polar surface area (TPSA) is 72.8 Å². The van der Waals surface area contributed by atoms with Crippen molar-refractivity contribution in [3.8, 4) is 5.75 Å². The van der Waals surface area contributed by atoms with E-state index in [0.29, 0.717) is 57.3 Å². The van der Waals surface area contributed by atoms with Gasteiger partial charge in [-0.1, -0.05) is 62.6 Å². The molecule has 1 aromatic heterocycles. The standard InChI is InChI=1S/C38H47N3O4/c1-5-7-13-31(38(43)40-19-21-45-22-20-40)26-41-34-24-30(37(42)39-25-28-12-11-16-32(23-28)44-4)17-18-33(34)35(36(41)27(3)6-2)29-14-9-8-10-15-29/h5-6,11-13,16-18,23-24,27,29H,1-2,7-10,14-15,19-22,25-26H2,3-4H3,(H,39,42)/b31-13+. The summed E-state index contributed by atoms with van der Waals surface area (Å²) in [5.41, 5.74) is 5.81. The summed E-state index contributed by atoms with van der Waals surface area (Å²) in [4.78, 5) is 29.3. The molecule has 2 amide bonds. The summed E-state index contributed by atoms with van der Waals surface area (Å²) < 4.78 is 13.2. The Balaban J connectivity index is 1.58. The second kappa shape index (κ2) is 15.3. The Morgan fingerprint density at radius 1 is 1.09 bits per heavy atom. The summed E-state index contributed by atoms with van der Waals surface area (Å²) in [5.74, 6) is 1.15. The molecule has 2 heterocycles. The summed E-state index contributed by atoms with van der Waals surface area (Å²) in [5, 5.41) is 4.25. The van der Waals surface area contributed by atoms with Crippen LogP contribution in [0, 0.1) is 0 Å². The van der Waals surface area contributed by atoms with Gasteiger partial charge in [0.2, 0.25) is 0 Å². The number of aromatic nitrogens is 1. The van der Waals surface area contributed by atoms with E-state index < -0.39 is 0 Å². The number of methoxy groups -OCH3 is 1. The zero-order valence-corrected chi connectivity index (χ0v) is 26.9. The Bertz CT molecular complexity index is 1560. The first-order valence-electron chi connectivity index (χ1n) is 16.3. The van der Waals surface area contributed by atoms with Gasteiger partial charge < -0.3 is 24.3 Å². The van der Waals surface area contributed by atoms with Crippen molar-refractivity contribution in [1.29, 1.82) is 0 Å². The van der Waals surface area contributed by atoms with E-state index in [1.54, 1.807) is 7.11 Å². The van der Waals surface area contributed by atoms with Gasteiger partial charge in [-0.2, -0.15) is 0 Å². The molecule has 45 heavy (non-hydrogen) atoms. The normalized spacial score (nSPS) is 16.8. The number of amides is 2. The van der Waals surface area contributed by atoms with E-state index in [0.717, 1.165) is 40.6 Å². The summed E-state index contributed by atoms with van der Waals surface area (Å²) in [7, 11) is 1.64. The van der Waals surface area contributed by atoms with Gasteiger partial charge in [0.05, 0.1) is 26.9 Å². The largest absolute Gasteiger partial charge is 0.497 e. The lowest BCUT2D eigenvalue weighted by atomic mass is 9.81. The monoisotopic (exact) mass is 609 g/mol. The molecule has 2 aromatic carbocycles. The van der Waals surface area contributed by atoms with Crippen LogP contribution in [0.15, 0.2) is 79.4 Å². The van der Waals surface area contributed by atoms with Gasteiger partial charge in [-0.25, -0.2) is 0 Å². The van der Waals surface area contributed by atoms with E-state index in [-0.39, 0.29) is 17.7 Å². The molecule has 1 aliphatic heterocycles. The first-order valence-corrected chi connectivity index (χ1v) is 16.3. The van der Waals surface area contributed by atoms with Crippen LogP contribution in [0.2, 0.25) is 0 Å². The van der Waals surface area contributed by atoms with Gasteiger partial charge in [0.25, 0.3) is 11.8 Å². The third kappa shape index (κ3) is 7.42. The SMILES string of the molecule is C=CC/C=C(\Cn1c(C(C)C=C)c(C2CCCCC2)c2ccc(C(=O)NCc3cccc(OC)c3)cc21)C(=O)N1CCOCC1. The number of fused-ring (bicyclic) bond motifs is 1. The first kappa shape index (κ1) is 32.3. The zero-order chi connectivity index (χ0) is 31.8. The number of carbonyl (C=O) groups excluding carboxylic acids is 2. The van der Waals surface area contributed by atoms with Gasteiger partial charge in [-0.05, 0) is 60.6 Å². The van der Waals surface area contributed by atoms with Crippen molar-refractivity contribution >= 4 is 22.7 Å². The minimum absolute atomic E-state index is 0.0330. The molecule has 1 atom stereocenters. The lowest BCUT2D eigenvalue weighted by molar-refractivity contribution is -0.131. The quantitative estimate of drug-likeness (QED) is 0.173. The maximum Gasteiger partial charge on any atom is 0.251 e. The van der Waals surface area contributed by atoms with Crippen LogP contribution >= 0.6 is 0 Å². The van der Waals surface area contributed by atoms with Crippen molar-refractivity contribution in [2.75, 3.05) is 33.4 Å². The Kier molecular flexibility index (Phi) is 11.0. The fourth-order valence-corrected chi connectivity index (χ4v) is 6.78. The molecule has 2 fully saturated rings. The van der Waals surface area contributed by atoms with E-state index in [9.17, 15) is 9.59 Å². The van der Waals surface area contributed by atoms with E-state index in [4.69, 9.17) is 9.47 Å². The van der Waals surface area contributed by atoms with E-state index in [1.165, 1.54) is 30.5 Å². The predicted octanol–water partition coefficient (Wildman–Crippen LogP) is 7.28. The number of carbonyl (C=O) groups is 2. The van der Waals surface area contributed by atoms with Crippen LogP contribution in [-0.2, 0) is 22.6 Å². The maximum atomic E-state index is 13.9. The number of ether oxygens (including phenoxy) is 2. The lowest BCUT2D eigenvalue weighted by Gasteiger charge is -2.29. The summed E-state index contributed by atoms with van der Waals surface area (Å²) in [6, 6.07) is 13.8. The molecule has 1 unspecified atom stereocenters.